The number of methoxy groups -OCH3 is 1. The van der Waals surface area contributed by atoms with E-state index in [9.17, 15) is 4.79 Å². The largest absolute Gasteiger partial charge is 0.494 e. The van der Waals surface area contributed by atoms with Crippen molar-refractivity contribution < 1.29 is 19.0 Å². The fraction of sp³-hybridized carbons (Fsp3) is 0.263. The summed E-state index contributed by atoms with van der Waals surface area (Å²) in [4.78, 5) is 12.1. The van der Waals surface area contributed by atoms with Crippen molar-refractivity contribution in [3.63, 3.8) is 0 Å². The number of hydrogen-bond acceptors (Lipinski definition) is 5. The quantitative estimate of drug-likeness (QED) is 0.517. The highest BCUT2D eigenvalue weighted by Gasteiger charge is 2.10. The van der Waals surface area contributed by atoms with E-state index >= 15 is 0 Å². The highest BCUT2D eigenvalue weighted by molar-refractivity contribution is 9.10. The van der Waals surface area contributed by atoms with E-state index in [2.05, 4.69) is 26.5 Å². The first-order valence-electron chi connectivity index (χ1n) is 8.15. The number of halogens is 1. The smallest absolute Gasteiger partial charge is 0.271 e. The lowest BCUT2D eigenvalue weighted by molar-refractivity contribution is 0.0955. The number of carbonyl (C=O) groups is 1. The third-order valence-electron chi connectivity index (χ3n) is 3.35. The first-order valence-corrected chi connectivity index (χ1v) is 8.94. The molecule has 1 amide bonds. The number of nitrogens with zero attached hydrogens (tertiary/aromatic N) is 1. The maximum atomic E-state index is 12.1. The summed E-state index contributed by atoms with van der Waals surface area (Å²) in [5.74, 6) is 1.63. The van der Waals surface area contributed by atoms with Gasteiger partial charge in [0, 0.05) is 5.56 Å². The number of hydrazone groups is 1. The van der Waals surface area contributed by atoms with Crippen LogP contribution in [0.2, 0.25) is 0 Å². The van der Waals surface area contributed by atoms with E-state index in [1.54, 1.807) is 37.4 Å². The van der Waals surface area contributed by atoms with Gasteiger partial charge in [0.25, 0.3) is 5.91 Å². The molecule has 1 N–H and O–H groups in total. The SMILES string of the molecule is CCOc1ccc(C(=O)N/N=C\c2cc(Br)c(OCC)c(OC)c2)cc1. The minimum Gasteiger partial charge on any atom is -0.494 e. The molecule has 0 heterocycles. The van der Waals surface area contributed by atoms with Gasteiger partial charge >= 0.3 is 0 Å². The molecule has 0 saturated carbocycles. The van der Waals surface area contributed by atoms with Crippen LogP contribution in [0, 0.1) is 0 Å². The lowest BCUT2D eigenvalue weighted by atomic mass is 10.2. The standard InChI is InChI=1S/C19H21BrN2O4/c1-4-25-15-8-6-14(7-9-15)19(23)22-21-12-13-10-16(20)18(26-5-2)17(11-13)24-3/h6-12H,4-5H2,1-3H3,(H,22,23)/b21-12-. The second kappa shape index (κ2) is 9.82. The molecule has 2 aromatic carbocycles. The van der Waals surface area contributed by atoms with E-state index in [-0.39, 0.29) is 5.91 Å². The Kier molecular flexibility index (Phi) is 7.47. The Morgan fingerprint density at radius 2 is 1.85 bits per heavy atom. The highest BCUT2D eigenvalue weighted by atomic mass is 79.9. The van der Waals surface area contributed by atoms with Crippen molar-refractivity contribution in [3.8, 4) is 17.2 Å². The number of benzene rings is 2. The van der Waals surface area contributed by atoms with Crippen LogP contribution in [0.5, 0.6) is 17.2 Å². The van der Waals surface area contributed by atoms with Crippen LogP contribution in [0.4, 0.5) is 0 Å². The maximum absolute atomic E-state index is 12.1. The molecule has 0 unspecified atom stereocenters. The number of ether oxygens (including phenoxy) is 3. The minimum atomic E-state index is -0.304. The molecule has 2 rings (SSSR count). The van der Waals surface area contributed by atoms with E-state index < -0.39 is 0 Å². The van der Waals surface area contributed by atoms with E-state index in [0.29, 0.717) is 30.3 Å². The normalized spacial score (nSPS) is 10.6. The molecule has 0 spiro atoms. The molecule has 7 heteroatoms. The molecular formula is C19H21BrN2O4. The summed E-state index contributed by atoms with van der Waals surface area (Å²) in [6, 6.07) is 10.5. The van der Waals surface area contributed by atoms with Crippen molar-refractivity contribution in [1.82, 2.24) is 5.43 Å². The second-order valence-electron chi connectivity index (χ2n) is 5.12. The Bertz CT molecular complexity index is 776. The second-order valence-corrected chi connectivity index (χ2v) is 5.98. The van der Waals surface area contributed by atoms with Crippen LogP contribution in [-0.4, -0.2) is 32.4 Å². The van der Waals surface area contributed by atoms with Crippen LogP contribution >= 0.6 is 15.9 Å². The lowest BCUT2D eigenvalue weighted by Crippen LogP contribution is -2.17. The molecule has 138 valence electrons. The van der Waals surface area contributed by atoms with Crippen LogP contribution in [0.15, 0.2) is 46.0 Å². The van der Waals surface area contributed by atoms with Crippen molar-refractivity contribution in [2.45, 2.75) is 13.8 Å². The zero-order valence-electron chi connectivity index (χ0n) is 14.9. The number of rotatable bonds is 8. The topological polar surface area (TPSA) is 69.2 Å². The van der Waals surface area contributed by atoms with E-state index in [4.69, 9.17) is 14.2 Å². The van der Waals surface area contributed by atoms with Gasteiger partial charge in [-0.2, -0.15) is 5.10 Å². The summed E-state index contributed by atoms with van der Waals surface area (Å²) < 4.78 is 17.0. The van der Waals surface area contributed by atoms with Gasteiger partial charge in [-0.1, -0.05) is 0 Å². The van der Waals surface area contributed by atoms with Crippen LogP contribution in [0.3, 0.4) is 0 Å². The van der Waals surface area contributed by atoms with Crippen LogP contribution in [0.25, 0.3) is 0 Å². The lowest BCUT2D eigenvalue weighted by Gasteiger charge is -2.11. The third-order valence-corrected chi connectivity index (χ3v) is 3.94. The molecule has 0 fully saturated rings. The molecule has 0 aliphatic carbocycles. The van der Waals surface area contributed by atoms with E-state index in [1.165, 1.54) is 6.21 Å². The van der Waals surface area contributed by atoms with Crippen molar-refractivity contribution in [2.24, 2.45) is 5.10 Å². The average Bonchev–Trinajstić information content (AvgIpc) is 2.64. The van der Waals surface area contributed by atoms with Gasteiger partial charge < -0.3 is 14.2 Å². The van der Waals surface area contributed by atoms with Gasteiger partial charge in [-0.3, -0.25) is 4.79 Å². The fourth-order valence-corrected chi connectivity index (χ4v) is 2.77. The Morgan fingerprint density at radius 3 is 2.46 bits per heavy atom. The highest BCUT2D eigenvalue weighted by Crippen LogP contribution is 2.36. The predicted octanol–water partition coefficient (Wildman–Crippen LogP) is 4.02. The monoisotopic (exact) mass is 420 g/mol. The zero-order valence-corrected chi connectivity index (χ0v) is 16.5. The summed E-state index contributed by atoms with van der Waals surface area (Å²) in [6.45, 7) is 4.92. The first kappa shape index (κ1) is 19.8. The molecule has 6 nitrogen and oxygen atoms in total. The summed E-state index contributed by atoms with van der Waals surface area (Å²) >= 11 is 3.45. The first-order chi connectivity index (χ1) is 12.6. The summed E-state index contributed by atoms with van der Waals surface area (Å²) in [5.41, 5.74) is 3.75. The van der Waals surface area contributed by atoms with Crippen LogP contribution < -0.4 is 19.6 Å². The van der Waals surface area contributed by atoms with Crippen molar-refractivity contribution >= 4 is 28.1 Å². The molecule has 0 saturated heterocycles. The molecule has 2 aromatic rings. The zero-order chi connectivity index (χ0) is 18.9. The molecule has 0 radical (unpaired) electrons. The number of nitrogens with one attached hydrogen (secondary N) is 1. The molecule has 0 bridgehead atoms. The molecular weight excluding hydrogens is 400 g/mol. The molecule has 0 aliphatic rings. The Hall–Kier alpha value is -2.54. The van der Waals surface area contributed by atoms with E-state index in [1.807, 2.05) is 19.9 Å². The van der Waals surface area contributed by atoms with Crippen LogP contribution in [-0.2, 0) is 0 Å². The maximum Gasteiger partial charge on any atom is 0.271 e. The van der Waals surface area contributed by atoms with Gasteiger partial charge in [-0.25, -0.2) is 5.43 Å². The minimum absolute atomic E-state index is 0.304. The van der Waals surface area contributed by atoms with Gasteiger partial charge in [0.15, 0.2) is 11.5 Å². The van der Waals surface area contributed by atoms with Gasteiger partial charge in [-0.15, -0.1) is 0 Å². The van der Waals surface area contributed by atoms with Crippen molar-refractivity contribution in [1.29, 1.82) is 0 Å². The molecule has 0 atom stereocenters. The summed E-state index contributed by atoms with van der Waals surface area (Å²) in [6.07, 6.45) is 1.54. The molecule has 26 heavy (non-hydrogen) atoms. The fourth-order valence-electron chi connectivity index (χ4n) is 2.20. The Balaban J connectivity index is 2.05. The number of hydrogen-bond donors (Lipinski definition) is 1. The van der Waals surface area contributed by atoms with E-state index in [0.717, 1.165) is 15.8 Å². The number of carbonyl (C=O) groups excluding carboxylic acids is 1. The molecule has 0 aliphatic heterocycles. The molecule has 0 aromatic heterocycles. The van der Waals surface area contributed by atoms with Gasteiger partial charge in [0.1, 0.15) is 5.75 Å². The summed E-state index contributed by atoms with van der Waals surface area (Å²) in [5, 5.41) is 4.00. The Morgan fingerprint density at radius 1 is 1.15 bits per heavy atom. The number of amides is 1. The van der Waals surface area contributed by atoms with Crippen molar-refractivity contribution in [2.75, 3.05) is 20.3 Å². The predicted molar refractivity (Wildman–Crippen MR) is 105 cm³/mol. The Labute approximate surface area is 161 Å². The van der Waals surface area contributed by atoms with Crippen LogP contribution in [0.1, 0.15) is 29.8 Å². The van der Waals surface area contributed by atoms with Gasteiger partial charge in [-0.05, 0) is 71.7 Å². The summed E-state index contributed by atoms with van der Waals surface area (Å²) in [7, 11) is 1.57. The van der Waals surface area contributed by atoms with Gasteiger partial charge in [0.05, 0.1) is 31.0 Å². The van der Waals surface area contributed by atoms with Crippen molar-refractivity contribution in [3.05, 3.63) is 52.0 Å². The average molecular weight is 421 g/mol. The third kappa shape index (κ3) is 5.23. The van der Waals surface area contributed by atoms with Gasteiger partial charge in [0.2, 0.25) is 0 Å².